The summed E-state index contributed by atoms with van der Waals surface area (Å²) in [4.78, 5) is 0.906. The summed E-state index contributed by atoms with van der Waals surface area (Å²) in [5.41, 5.74) is 0. The lowest BCUT2D eigenvalue weighted by atomic mass is 10.3. The van der Waals surface area contributed by atoms with E-state index in [2.05, 4.69) is 0 Å². The average Bonchev–Trinajstić information content (AvgIpc) is 2.40. The number of nitrogens with zero attached hydrogens (tertiary/aromatic N) is 1. The lowest BCUT2D eigenvalue weighted by Crippen LogP contribution is -3.15. The highest BCUT2D eigenvalue weighted by Crippen LogP contribution is 2.18. The summed E-state index contributed by atoms with van der Waals surface area (Å²) in [5.74, 6) is -0.715. The number of hydrogen-bond acceptors (Lipinski definition) is 3. The van der Waals surface area contributed by atoms with Crippen molar-refractivity contribution in [3.05, 3.63) is 30.1 Å². The zero-order valence-corrected chi connectivity index (χ0v) is 11.4. The van der Waals surface area contributed by atoms with Crippen molar-refractivity contribution in [3.8, 4) is 0 Å². The van der Waals surface area contributed by atoms with Crippen LogP contribution in [0.15, 0.2) is 29.2 Å². The van der Waals surface area contributed by atoms with Crippen molar-refractivity contribution in [1.29, 1.82) is 0 Å². The van der Waals surface area contributed by atoms with Crippen LogP contribution in [-0.2, 0) is 10.0 Å². The van der Waals surface area contributed by atoms with E-state index in [-0.39, 0.29) is 11.5 Å². The van der Waals surface area contributed by atoms with Crippen molar-refractivity contribution in [2.45, 2.75) is 4.90 Å². The van der Waals surface area contributed by atoms with E-state index in [4.69, 9.17) is 5.11 Å². The van der Waals surface area contributed by atoms with Gasteiger partial charge < -0.3 is 10.0 Å². The SMILES string of the molecule is O=S(=O)(c1ccccc1F)N1CC[NH+](CCO)CC1. The maximum absolute atomic E-state index is 13.6. The maximum Gasteiger partial charge on any atom is 0.246 e. The van der Waals surface area contributed by atoms with Gasteiger partial charge in [0.25, 0.3) is 0 Å². The largest absolute Gasteiger partial charge is 0.391 e. The molecule has 1 saturated heterocycles. The number of halogens is 1. The maximum atomic E-state index is 13.6. The Morgan fingerprint density at radius 1 is 1.26 bits per heavy atom. The first-order valence-electron chi connectivity index (χ1n) is 6.25. The first-order valence-corrected chi connectivity index (χ1v) is 7.69. The van der Waals surface area contributed by atoms with Crippen LogP contribution in [0, 0.1) is 5.82 Å². The lowest BCUT2D eigenvalue weighted by molar-refractivity contribution is -0.904. The van der Waals surface area contributed by atoms with Gasteiger partial charge in [0.15, 0.2) is 0 Å². The van der Waals surface area contributed by atoms with Crippen LogP contribution in [0.5, 0.6) is 0 Å². The van der Waals surface area contributed by atoms with Crippen LogP contribution in [0.1, 0.15) is 0 Å². The molecule has 0 aliphatic carbocycles. The van der Waals surface area contributed by atoms with Gasteiger partial charge in [0.1, 0.15) is 17.3 Å². The van der Waals surface area contributed by atoms with Gasteiger partial charge in [-0.25, -0.2) is 12.8 Å². The fraction of sp³-hybridized carbons (Fsp3) is 0.500. The monoisotopic (exact) mass is 289 g/mol. The molecule has 5 nitrogen and oxygen atoms in total. The fourth-order valence-corrected chi connectivity index (χ4v) is 3.75. The van der Waals surface area contributed by atoms with Crippen LogP contribution < -0.4 is 4.90 Å². The molecule has 1 aromatic carbocycles. The van der Waals surface area contributed by atoms with Gasteiger partial charge in [-0.1, -0.05) is 12.1 Å². The number of sulfonamides is 1. The number of hydrogen-bond donors (Lipinski definition) is 2. The Morgan fingerprint density at radius 2 is 1.89 bits per heavy atom. The summed E-state index contributed by atoms with van der Waals surface area (Å²) in [6.45, 7) is 2.68. The number of nitrogens with one attached hydrogen (secondary N) is 1. The van der Waals surface area contributed by atoms with Crippen molar-refractivity contribution in [2.24, 2.45) is 0 Å². The molecule has 1 fully saturated rings. The molecule has 0 spiro atoms. The van der Waals surface area contributed by atoms with Crippen LogP contribution in [0.3, 0.4) is 0 Å². The predicted octanol–water partition coefficient (Wildman–Crippen LogP) is -1.29. The number of aliphatic hydroxyl groups is 1. The molecule has 2 N–H and O–H groups in total. The van der Waals surface area contributed by atoms with Crippen LogP contribution in [0.25, 0.3) is 0 Å². The molecule has 1 aliphatic rings. The zero-order chi connectivity index (χ0) is 13.9. The van der Waals surface area contributed by atoms with E-state index >= 15 is 0 Å². The highest BCUT2D eigenvalue weighted by Gasteiger charge is 2.31. The number of quaternary nitrogens is 1. The van der Waals surface area contributed by atoms with Gasteiger partial charge in [0.05, 0.1) is 32.8 Å². The Balaban J connectivity index is 2.12. The quantitative estimate of drug-likeness (QED) is 0.725. The fourth-order valence-electron chi connectivity index (χ4n) is 2.24. The van der Waals surface area contributed by atoms with Crippen LogP contribution in [0.4, 0.5) is 4.39 Å². The number of rotatable bonds is 4. The summed E-state index contributed by atoms with van der Waals surface area (Å²) in [6.07, 6.45) is 0. The number of aliphatic hydroxyl groups excluding tert-OH is 1. The van der Waals surface area contributed by atoms with Crippen molar-refractivity contribution >= 4 is 10.0 Å². The molecule has 1 aliphatic heterocycles. The van der Waals surface area contributed by atoms with Crippen molar-refractivity contribution < 1.29 is 22.8 Å². The average molecular weight is 289 g/mol. The second-order valence-electron chi connectivity index (χ2n) is 4.56. The smallest absolute Gasteiger partial charge is 0.246 e. The second-order valence-corrected chi connectivity index (χ2v) is 6.46. The number of piperazine rings is 1. The van der Waals surface area contributed by atoms with E-state index < -0.39 is 15.8 Å². The molecule has 0 saturated carbocycles. The van der Waals surface area contributed by atoms with E-state index in [1.165, 1.54) is 27.4 Å². The van der Waals surface area contributed by atoms with Gasteiger partial charge in [-0.15, -0.1) is 0 Å². The molecule has 1 aromatic rings. The molecular formula is C12H18FN2O3S+. The number of benzene rings is 1. The van der Waals surface area contributed by atoms with Gasteiger partial charge in [0.2, 0.25) is 10.0 Å². The van der Waals surface area contributed by atoms with Crippen molar-refractivity contribution in [2.75, 3.05) is 39.3 Å². The van der Waals surface area contributed by atoms with Gasteiger partial charge in [-0.2, -0.15) is 4.31 Å². The normalized spacial score (nSPS) is 18.6. The first kappa shape index (κ1) is 14.4. The minimum atomic E-state index is -3.75. The second kappa shape index (κ2) is 5.96. The summed E-state index contributed by atoms with van der Waals surface area (Å²) in [6, 6.07) is 5.43. The molecule has 0 bridgehead atoms. The Kier molecular flexibility index (Phi) is 4.51. The van der Waals surface area contributed by atoms with Gasteiger partial charge in [0, 0.05) is 0 Å². The summed E-state index contributed by atoms with van der Waals surface area (Å²) < 4.78 is 39.5. The lowest BCUT2D eigenvalue weighted by Gasteiger charge is -2.31. The third-order valence-electron chi connectivity index (χ3n) is 3.35. The van der Waals surface area contributed by atoms with Crippen molar-refractivity contribution in [3.63, 3.8) is 0 Å². The van der Waals surface area contributed by atoms with Gasteiger partial charge >= 0.3 is 0 Å². The standard InChI is InChI=1S/C12H17FN2O3S/c13-11-3-1-2-4-12(11)19(17,18)15-7-5-14(6-8-15)9-10-16/h1-4,16H,5-10H2/p+1. The van der Waals surface area contributed by atoms with E-state index in [0.717, 1.165) is 6.07 Å². The predicted molar refractivity (Wildman–Crippen MR) is 67.8 cm³/mol. The Labute approximate surface area is 112 Å². The third-order valence-corrected chi connectivity index (χ3v) is 5.28. The third kappa shape index (κ3) is 3.11. The molecule has 0 atom stereocenters. The first-order chi connectivity index (χ1) is 9.05. The van der Waals surface area contributed by atoms with Crippen LogP contribution >= 0.6 is 0 Å². The molecule has 106 valence electrons. The van der Waals surface area contributed by atoms with E-state index in [1.807, 2.05) is 0 Å². The van der Waals surface area contributed by atoms with Crippen LogP contribution in [0.2, 0.25) is 0 Å². The Morgan fingerprint density at radius 3 is 2.47 bits per heavy atom. The summed E-state index contributed by atoms with van der Waals surface area (Å²) >= 11 is 0. The molecule has 0 unspecified atom stereocenters. The summed E-state index contributed by atoms with van der Waals surface area (Å²) in [7, 11) is -3.75. The van der Waals surface area contributed by atoms with E-state index in [9.17, 15) is 12.8 Å². The minimum absolute atomic E-state index is 0.0927. The van der Waals surface area contributed by atoms with E-state index in [0.29, 0.717) is 32.7 Å². The van der Waals surface area contributed by atoms with Crippen LogP contribution in [-0.4, -0.2) is 57.2 Å². The molecule has 1 heterocycles. The highest BCUT2D eigenvalue weighted by molar-refractivity contribution is 7.89. The molecule has 19 heavy (non-hydrogen) atoms. The summed E-state index contributed by atoms with van der Waals surface area (Å²) in [5, 5.41) is 8.86. The molecule has 0 radical (unpaired) electrons. The van der Waals surface area contributed by atoms with Crippen molar-refractivity contribution in [1.82, 2.24) is 4.31 Å². The highest BCUT2D eigenvalue weighted by atomic mass is 32.2. The minimum Gasteiger partial charge on any atom is -0.391 e. The topological polar surface area (TPSA) is 62.0 Å². The Hall–Kier alpha value is -1.02. The van der Waals surface area contributed by atoms with E-state index in [1.54, 1.807) is 0 Å². The molecule has 2 rings (SSSR count). The van der Waals surface area contributed by atoms with Gasteiger partial charge in [-0.3, -0.25) is 0 Å². The molecule has 7 heteroatoms. The molecule has 0 amide bonds. The Bertz CT molecular complexity index is 528. The van der Waals surface area contributed by atoms with Gasteiger partial charge in [-0.05, 0) is 12.1 Å². The molecule has 0 aromatic heterocycles. The zero-order valence-electron chi connectivity index (χ0n) is 10.5. The molecular weight excluding hydrogens is 271 g/mol.